The standard InChI is InChI=1S/C75H136NO8P/c1-6-8-10-12-14-16-18-20-22-24-26-28-30-32-34-35-36-37-38-39-40-42-43-45-47-49-51-53-55-57-59-61-63-65-67-74(77)81-71-73(72-83-85(79,80)82-70-69-76(3,4)5)84-75(78)68-66-64-62-60-58-56-54-52-50-48-46-44-41-33-31-29-27-25-23-21-19-17-15-13-11-9-7-2/h9,11,15,17,21,23,27,29,33,41,46,48,52,54,73H,6-8,10,12-14,16,18-20,22,24-26,28,30-32,34-40,42-45,47,49-51,53,55-72H2,1-5H3/b11-9-,17-15-,23-21-,29-27-,41-33-,48-46-,54-52-. The molecule has 0 radical (unpaired) electrons. The summed E-state index contributed by atoms with van der Waals surface area (Å²) in [5, 5.41) is 0. The highest BCUT2D eigenvalue weighted by Gasteiger charge is 2.22. The summed E-state index contributed by atoms with van der Waals surface area (Å²) in [6.07, 6.45) is 89.7. The fraction of sp³-hybridized carbons (Fsp3) is 0.787. The molecule has 2 atom stereocenters. The number of nitrogens with zero attached hydrogens (tertiary/aromatic N) is 1. The number of ether oxygens (including phenoxy) is 2. The zero-order chi connectivity index (χ0) is 61.9. The summed E-state index contributed by atoms with van der Waals surface area (Å²) in [5.74, 6) is -0.847. The number of unbranched alkanes of at least 4 members (excludes halogenated alkanes) is 38. The van der Waals surface area contributed by atoms with Gasteiger partial charge in [0.1, 0.15) is 19.8 Å². The van der Waals surface area contributed by atoms with Crippen LogP contribution in [0.4, 0.5) is 0 Å². The Bertz CT molecular complexity index is 1710. The van der Waals surface area contributed by atoms with Crippen molar-refractivity contribution >= 4 is 19.8 Å². The molecule has 10 heteroatoms. The molecule has 0 aromatic carbocycles. The third-order valence-corrected chi connectivity index (χ3v) is 16.6. The maximum atomic E-state index is 12.9. The second-order valence-electron chi connectivity index (χ2n) is 25.2. The monoisotopic (exact) mass is 1210 g/mol. The molecule has 0 aliphatic rings. The molecule has 0 heterocycles. The molecule has 0 rings (SSSR count). The Morgan fingerprint density at radius 2 is 0.671 bits per heavy atom. The fourth-order valence-corrected chi connectivity index (χ4v) is 11.0. The summed E-state index contributed by atoms with van der Waals surface area (Å²) in [7, 11) is 1.15. The number of rotatable bonds is 66. The molecule has 0 aromatic rings. The van der Waals surface area contributed by atoms with Gasteiger partial charge in [-0.15, -0.1) is 0 Å². The number of allylic oxidation sites excluding steroid dienone is 14. The zero-order valence-corrected chi connectivity index (χ0v) is 57.2. The van der Waals surface area contributed by atoms with Crippen molar-refractivity contribution in [2.45, 2.75) is 335 Å². The lowest BCUT2D eigenvalue weighted by Gasteiger charge is -2.28. The van der Waals surface area contributed by atoms with Crippen LogP contribution in [0.15, 0.2) is 85.1 Å². The molecule has 9 nitrogen and oxygen atoms in total. The SMILES string of the molecule is CC/C=C\C/C=C\C/C=C\C/C=C\C/C=C\C/C=C\C/C=C\CCCCCCCC(=O)OC(COC(=O)CCCCCCCCCCCCCCCCCCCCCCCCCCCCCCCCCCCC)COP(=O)([O-])OCC[N+](C)(C)C. The molecule has 0 aliphatic heterocycles. The first-order valence-electron chi connectivity index (χ1n) is 35.8. The van der Waals surface area contributed by atoms with E-state index in [9.17, 15) is 19.0 Å². The third kappa shape index (κ3) is 70.2. The molecule has 0 aliphatic carbocycles. The number of carbonyl (C=O) groups is 2. The Balaban J connectivity index is 4.04. The normalized spacial score (nSPS) is 13.6. The average molecular weight is 1210 g/mol. The van der Waals surface area contributed by atoms with Gasteiger partial charge in [-0.05, 0) is 70.6 Å². The van der Waals surface area contributed by atoms with Crippen LogP contribution in [0.25, 0.3) is 0 Å². The van der Waals surface area contributed by atoms with E-state index in [1.165, 1.54) is 199 Å². The van der Waals surface area contributed by atoms with Crippen molar-refractivity contribution in [2.24, 2.45) is 0 Å². The zero-order valence-electron chi connectivity index (χ0n) is 56.3. The lowest BCUT2D eigenvalue weighted by Crippen LogP contribution is -2.37. The predicted molar refractivity (Wildman–Crippen MR) is 365 cm³/mol. The van der Waals surface area contributed by atoms with Crippen molar-refractivity contribution in [3.8, 4) is 0 Å². The van der Waals surface area contributed by atoms with E-state index < -0.39 is 26.5 Å². The molecule has 0 aromatic heterocycles. The molecule has 494 valence electrons. The summed E-state index contributed by atoms with van der Waals surface area (Å²) >= 11 is 0. The van der Waals surface area contributed by atoms with Crippen molar-refractivity contribution in [2.75, 3.05) is 47.5 Å². The van der Waals surface area contributed by atoms with Crippen molar-refractivity contribution in [3.05, 3.63) is 85.1 Å². The van der Waals surface area contributed by atoms with Gasteiger partial charge in [0.05, 0.1) is 27.7 Å². The lowest BCUT2D eigenvalue weighted by molar-refractivity contribution is -0.870. The molecule has 0 saturated carbocycles. The van der Waals surface area contributed by atoms with Crippen molar-refractivity contribution in [1.82, 2.24) is 0 Å². The topological polar surface area (TPSA) is 111 Å². The summed E-state index contributed by atoms with van der Waals surface area (Å²) in [6, 6.07) is 0. The molecular formula is C75H136NO8P. The Kier molecular flexibility index (Phi) is 63.5. The van der Waals surface area contributed by atoms with Crippen LogP contribution in [0.2, 0.25) is 0 Å². The van der Waals surface area contributed by atoms with E-state index in [1.54, 1.807) is 0 Å². The second kappa shape index (κ2) is 65.6. The van der Waals surface area contributed by atoms with E-state index in [2.05, 4.69) is 98.9 Å². The number of likely N-dealkylation sites (N-methyl/N-ethyl adjacent to an activating group) is 1. The first-order chi connectivity index (χ1) is 41.5. The fourth-order valence-electron chi connectivity index (χ4n) is 10.2. The van der Waals surface area contributed by atoms with Gasteiger partial charge < -0.3 is 27.9 Å². The Morgan fingerprint density at radius 1 is 0.376 bits per heavy atom. The van der Waals surface area contributed by atoms with E-state index in [0.29, 0.717) is 17.4 Å². The van der Waals surface area contributed by atoms with Crippen LogP contribution in [-0.4, -0.2) is 70.0 Å². The third-order valence-electron chi connectivity index (χ3n) is 15.7. The maximum absolute atomic E-state index is 12.9. The quantitative estimate of drug-likeness (QED) is 0.0195. The molecule has 85 heavy (non-hydrogen) atoms. The minimum atomic E-state index is -4.65. The van der Waals surface area contributed by atoms with Gasteiger partial charge in [0.25, 0.3) is 7.82 Å². The van der Waals surface area contributed by atoms with E-state index >= 15 is 0 Å². The number of phosphoric ester groups is 1. The predicted octanol–water partition coefficient (Wildman–Crippen LogP) is 22.7. The van der Waals surface area contributed by atoms with Gasteiger partial charge in [0.2, 0.25) is 0 Å². The highest BCUT2D eigenvalue weighted by molar-refractivity contribution is 7.45. The lowest BCUT2D eigenvalue weighted by atomic mass is 10.0. The van der Waals surface area contributed by atoms with Crippen LogP contribution in [-0.2, 0) is 32.7 Å². The highest BCUT2D eigenvalue weighted by atomic mass is 31.2. The smallest absolute Gasteiger partial charge is 0.306 e. The molecule has 0 fully saturated rings. The van der Waals surface area contributed by atoms with E-state index in [1.807, 2.05) is 21.1 Å². The minimum Gasteiger partial charge on any atom is -0.756 e. The van der Waals surface area contributed by atoms with Crippen molar-refractivity contribution in [1.29, 1.82) is 0 Å². The Labute approximate surface area is 526 Å². The number of carbonyl (C=O) groups excluding carboxylic acids is 2. The summed E-state index contributed by atoms with van der Waals surface area (Å²) in [5.41, 5.74) is 0. The summed E-state index contributed by atoms with van der Waals surface area (Å²) in [6.45, 7) is 4.14. The van der Waals surface area contributed by atoms with Crippen LogP contribution in [0, 0.1) is 0 Å². The number of hydrogen-bond acceptors (Lipinski definition) is 8. The van der Waals surface area contributed by atoms with Gasteiger partial charge >= 0.3 is 11.9 Å². The number of esters is 2. The molecule has 0 amide bonds. The Hall–Kier alpha value is -2.81. The van der Waals surface area contributed by atoms with Crippen LogP contribution in [0.3, 0.4) is 0 Å². The van der Waals surface area contributed by atoms with Crippen molar-refractivity contribution in [3.63, 3.8) is 0 Å². The number of phosphoric acid groups is 1. The van der Waals surface area contributed by atoms with Crippen LogP contribution in [0.1, 0.15) is 328 Å². The first kappa shape index (κ1) is 82.2. The van der Waals surface area contributed by atoms with Crippen LogP contribution >= 0.6 is 7.82 Å². The van der Waals surface area contributed by atoms with Crippen LogP contribution < -0.4 is 4.89 Å². The number of hydrogen-bond donors (Lipinski definition) is 0. The van der Waals surface area contributed by atoms with Gasteiger partial charge in [-0.1, -0.05) is 330 Å². The summed E-state index contributed by atoms with van der Waals surface area (Å²) < 4.78 is 34.3. The molecule has 0 saturated heterocycles. The van der Waals surface area contributed by atoms with Gasteiger partial charge in [-0.3, -0.25) is 14.2 Å². The molecular weight excluding hydrogens is 1070 g/mol. The molecule has 0 bridgehead atoms. The van der Waals surface area contributed by atoms with Crippen molar-refractivity contribution < 1.29 is 42.1 Å². The van der Waals surface area contributed by atoms with E-state index in [4.69, 9.17) is 18.5 Å². The van der Waals surface area contributed by atoms with Gasteiger partial charge in [0, 0.05) is 12.8 Å². The molecule has 0 spiro atoms. The molecule has 0 N–H and O–H groups in total. The van der Waals surface area contributed by atoms with E-state index in [-0.39, 0.29) is 32.0 Å². The Morgan fingerprint density at radius 3 is 1.00 bits per heavy atom. The largest absolute Gasteiger partial charge is 0.756 e. The van der Waals surface area contributed by atoms with E-state index in [0.717, 1.165) is 96.3 Å². The average Bonchev–Trinajstić information content (AvgIpc) is 3.52. The minimum absolute atomic E-state index is 0.0376. The molecule has 2 unspecified atom stereocenters. The number of quaternary nitrogens is 1. The van der Waals surface area contributed by atoms with Crippen LogP contribution in [0.5, 0.6) is 0 Å². The van der Waals surface area contributed by atoms with Gasteiger partial charge in [-0.25, -0.2) is 0 Å². The highest BCUT2D eigenvalue weighted by Crippen LogP contribution is 2.38. The van der Waals surface area contributed by atoms with Gasteiger partial charge in [0.15, 0.2) is 6.10 Å². The van der Waals surface area contributed by atoms with Gasteiger partial charge in [-0.2, -0.15) is 0 Å². The maximum Gasteiger partial charge on any atom is 0.306 e. The second-order valence-corrected chi connectivity index (χ2v) is 26.6. The first-order valence-corrected chi connectivity index (χ1v) is 37.3. The summed E-state index contributed by atoms with van der Waals surface area (Å²) in [4.78, 5) is 38.1.